The number of ether oxygens (including phenoxy) is 1. The summed E-state index contributed by atoms with van der Waals surface area (Å²) in [6.45, 7) is 3.76. The summed E-state index contributed by atoms with van der Waals surface area (Å²) in [6.07, 6.45) is 1.36. The first-order valence-electron chi connectivity index (χ1n) is 7.24. The Morgan fingerprint density at radius 1 is 1.36 bits per heavy atom. The van der Waals surface area contributed by atoms with E-state index in [-0.39, 0.29) is 29.3 Å². The number of esters is 1. The van der Waals surface area contributed by atoms with Gasteiger partial charge in [0.05, 0.1) is 5.92 Å². The average molecular weight is 320 g/mol. The second-order valence-corrected chi connectivity index (χ2v) is 6.40. The summed E-state index contributed by atoms with van der Waals surface area (Å²) >= 11 is 5.09. The van der Waals surface area contributed by atoms with Gasteiger partial charge in [0.15, 0.2) is 5.11 Å². The maximum atomic E-state index is 11.9. The third-order valence-corrected chi connectivity index (χ3v) is 3.66. The normalized spacial score (nSPS) is 19.4. The van der Waals surface area contributed by atoms with Crippen LogP contribution in [0.3, 0.4) is 0 Å². The minimum absolute atomic E-state index is 0.203. The van der Waals surface area contributed by atoms with Crippen LogP contribution >= 0.6 is 12.2 Å². The molecule has 1 amide bonds. The van der Waals surface area contributed by atoms with Crippen molar-refractivity contribution in [3.05, 3.63) is 30.3 Å². The molecule has 2 N–H and O–H groups in total. The van der Waals surface area contributed by atoms with Gasteiger partial charge in [0, 0.05) is 12.1 Å². The Morgan fingerprint density at radius 2 is 2.05 bits per heavy atom. The first-order chi connectivity index (χ1) is 10.4. The zero-order valence-corrected chi connectivity index (χ0v) is 13.5. The standard InChI is InChI=1S/C16H20N2O3S/c1-16(2)10-11(14(20)21-16)8-9-13(19)18-15(22)17-12-6-4-3-5-7-12/h3-7,11H,8-10H2,1-2H3,(H2,17,18,19,22). The molecule has 1 heterocycles. The van der Waals surface area contributed by atoms with Crippen LogP contribution in [0, 0.1) is 5.92 Å². The number of hydrogen-bond acceptors (Lipinski definition) is 4. The first-order valence-corrected chi connectivity index (χ1v) is 7.65. The van der Waals surface area contributed by atoms with Gasteiger partial charge in [0.2, 0.25) is 5.91 Å². The molecular weight excluding hydrogens is 300 g/mol. The van der Waals surface area contributed by atoms with Crippen LogP contribution in [0.5, 0.6) is 0 Å². The maximum Gasteiger partial charge on any atom is 0.309 e. The lowest BCUT2D eigenvalue weighted by atomic mass is 9.94. The minimum atomic E-state index is -0.428. The van der Waals surface area contributed by atoms with Gasteiger partial charge < -0.3 is 15.4 Å². The summed E-state index contributed by atoms with van der Waals surface area (Å²) in [7, 11) is 0. The van der Waals surface area contributed by atoms with E-state index in [1.165, 1.54) is 0 Å². The molecule has 0 saturated carbocycles. The van der Waals surface area contributed by atoms with Crippen LogP contribution in [0.15, 0.2) is 30.3 Å². The van der Waals surface area contributed by atoms with Crippen LogP contribution in [-0.4, -0.2) is 22.6 Å². The van der Waals surface area contributed by atoms with Crippen molar-refractivity contribution >= 4 is 34.9 Å². The Kier molecular flexibility index (Phi) is 5.13. The highest BCUT2D eigenvalue weighted by Crippen LogP contribution is 2.32. The van der Waals surface area contributed by atoms with Crippen molar-refractivity contribution in [2.24, 2.45) is 5.92 Å². The predicted octanol–water partition coefficient (Wildman–Crippen LogP) is 2.62. The highest BCUT2D eigenvalue weighted by atomic mass is 32.1. The first kappa shape index (κ1) is 16.4. The van der Waals surface area contributed by atoms with Crippen LogP contribution in [0.1, 0.15) is 33.1 Å². The van der Waals surface area contributed by atoms with Crippen molar-refractivity contribution < 1.29 is 14.3 Å². The number of para-hydroxylation sites is 1. The number of amides is 1. The number of cyclic esters (lactones) is 1. The Labute approximate surface area is 135 Å². The highest BCUT2D eigenvalue weighted by molar-refractivity contribution is 7.80. The maximum absolute atomic E-state index is 11.9. The van der Waals surface area contributed by atoms with E-state index in [2.05, 4.69) is 10.6 Å². The number of carbonyl (C=O) groups is 2. The molecule has 0 bridgehead atoms. The zero-order valence-electron chi connectivity index (χ0n) is 12.7. The van der Waals surface area contributed by atoms with E-state index >= 15 is 0 Å². The molecule has 0 aromatic heterocycles. The van der Waals surface area contributed by atoms with Crippen molar-refractivity contribution in [2.45, 2.75) is 38.7 Å². The SMILES string of the molecule is CC1(C)CC(CCC(=O)NC(=S)Nc2ccccc2)C(=O)O1. The summed E-state index contributed by atoms with van der Waals surface area (Å²) in [5.74, 6) is -0.634. The third-order valence-electron chi connectivity index (χ3n) is 3.45. The molecule has 1 aromatic carbocycles. The Balaban J connectivity index is 1.74. The summed E-state index contributed by atoms with van der Waals surface area (Å²) < 4.78 is 5.24. The third kappa shape index (κ3) is 4.80. The van der Waals surface area contributed by atoms with Crippen LogP contribution in [0.4, 0.5) is 5.69 Å². The predicted molar refractivity (Wildman–Crippen MR) is 88.3 cm³/mol. The minimum Gasteiger partial charge on any atom is -0.459 e. The molecule has 1 fully saturated rings. The number of thiocarbonyl (C=S) groups is 1. The number of hydrogen-bond donors (Lipinski definition) is 2. The van der Waals surface area contributed by atoms with E-state index in [1.54, 1.807) is 0 Å². The average Bonchev–Trinajstić information content (AvgIpc) is 2.70. The van der Waals surface area contributed by atoms with Crippen molar-refractivity contribution in [1.29, 1.82) is 0 Å². The number of rotatable bonds is 4. The molecule has 0 aliphatic carbocycles. The van der Waals surface area contributed by atoms with Gasteiger partial charge in [-0.25, -0.2) is 0 Å². The number of anilines is 1. The summed E-state index contributed by atoms with van der Waals surface area (Å²) in [6, 6.07) is 9.36. The van der Waals surface area contributed by atoms with E-state index in [0.717, 1.165) is 5.69 Å². The van der Waals surface area contributed by atoms with E-state index in [4.69, 9.17) is 17.0 Å². The molecule has 1 unspecified atom stereocenters. The Hall–Kier alpha value is -1.95. The molecule has 1 aliphatic rings. The molecule has 5 nitrogen and oxygen atoms in total. The largest absolute Gasteiger partial charge is 0.459 e. The van der Waals surface area contributed by atoms with Crippen LogP contribution < -0.4 is 10.6 Å². The van der Waals surface area contributed by atoms with Gasteiger partial charge in [-0.05, 0) is 51.0 Å². The second-order valence-electron chi connectivity index (χ2n) is 5.99. The fourth-order valence-corrected chi connectivity index (χ4v) is 2.70. The Bertz CT molecular complexity index is 572. The van der Waals surface area contributed by atoms with Gasteiger partial charge in [-0.3, -0.25) is 9.59 Å². The Morgan fingerprint density at radius 3 is 2.64 bits per heavy atom. The highest BCUT2D eigenvalue weighted by Gasteiger charge is 2.39. The summed E-state index contributed by atoms with van der Waals surface area (Å²) in [5.41, 5.74) is 0.386. The van der Waals surface area contributed by atoms with Crippen molar-refractivity contribution in [3.63, 3.8) is 0 Å². The molecule has 2 rings (SSSR count). The lowest BCUT2D eigenvalue weighted by molar-refractivity contribution is -0.148. The smallest absolute Gasteiger partial charge is 0.309 e. The van der Waals surface area contributed by atoms with E-state index in [9.17, 15) is 9.59 Å². The molecule has 1 atom stereocenters. The van der Waals surface area contributed by atoms with E-state index in [0.29, 0.717) is 12.8 Å². The molecule has 6 heteroatoms. The van der Waals surface area contributed by atoms with E-state index in [1.807, 2.05) is 44.2 Å². The van der Waals surface area contributed by atoms with Crippen LogP contribution in [0.25, 0.3) is 0 Å². The fraction of sp³-hybridized carbons (Fsp3) is 0.438. The van der Waals surface area contributed by atoms with E-state index < -0.39 is 5.60 Å². The number of nitrogens with one attached hydrogen (secondary N) is 2. The van der Waals surface area contributed by atoms with Gasteiger partial charge in [-0.15, -0.1) is 0 Å². The van der Waals surface area contributed by atoms with Crippen molar-refractivity contribution in [2.75, 3.05) is 5.32 Å². The molecule has 1 aromatic rings. The lowest BCUT2D eigenvalue weighted by Gasteiger charge is -2.14. The van der Waals surface area contributed by atoms with Crippen LogP contribution in [0.2, 0.25) is 0 Å². The monoisotopic (exact) mass is 320 g/mol. The van der Waals surface area contributed by atoms with Crippen molar-refractivity contribution in [1.82, 2.24) is 5.32 Å². The molecule has 118 valence electrons. The zero-order chi connectivity index (χ0) is 16.2. The molecule has 0 spiro atoms. The van der Waals surface area contributed by atoms with Gasteiger partial charge in [-0.2, -0.15) is 0 Å². The van der Waals surface area contributed by atoms with Gasteiger partial charge in [0.1, 0.15) is 5.60 Å². The molecule has 22 heavy (non-hydrogen) atoms. The molecule has 1 saturated heterocycles. The van der Waals surface area contributed by atoms with Gasteiger partial charge in [0.25, 0.3) is 0 Å². The second kappa shape index (κ2) is 6.87. The number of benzene rings is 1. The summed E-state index contributed by atoms with van der Waals surface area (Å²) in [4.78, 5) is 23.6. The quantitative estimate of drug-likeness (QED) is 0.659. The topological polar surface area (TPSA) is 67.4 Å². The molecule has 1 aliphatic heterocycles. The molecular formula is C16H20N2O3S. The molecule has 0 radical (unpaired) electrons. The lowest BCUT2D eigenvalue weighted by Crippen LogP contribution is -2.34. The van der Waals surface area contributed by atoms with Crippen molar-refractivity contribution in [3.8, 4) is 0 Å². The van der Waals surface area contributed by atoms with Gasteiger partial charge >= 0.3 is 5.97 Å². The summed E-state index contributed by atoms with van der Waals surface area (Å²) in [5, 5.41) is 5.80. The fourth-order valence-electron chi connectivity index (χ4n) is 2.47. The van der Waals surface area contributed by atoms with Gasteiger partial charge in [-0.1, -0.05) is 18.2 Å². The van der Waals surface area contributed by atoms with Crippen LogP contribution in [-0.2, 0) is 14.3 Å². The number of carbonyl (C=O) groups excluding carboxylic acids is 2.